The van der Waals surface area contributed by atoms with Gasteiger partial charge in [-0.05, 0) is 29.3 Å². The highest BCUT2D eigenvalue weighted by Gasteiger charge is 2.08. The molecule has 0 aliphatic heterocycles. The zero-order valence-electron chi connectivity index (χ0n) is 6.46. The molecule has 3 heteroatoms. The van der Waals surface area contributed by atoms with E-state index in [9.17, 15) is 0 Å². The first-order valence-electron chi connectivity index (χ1n) is 3.70. The molecule has 0 amide bonds. The Labute approximate surface area is 82.1 Å². The van der Waals surface area contributed by atoms with E-state index in [1.165, 1.54) is 24.4 Å². The van der Waals surface area contributed by atoms with Crippen molar-refractivity contribution in [3.05, 3.63) is 22.4 Å². The van der Waals surface area contributed by atoms with Crippen LogP contribution in [-0.4, -0.2) is 0 Å². The molecule has 0 aliphatic rings. The molecule has 0 saturated heterocycles. The van der Waals surface area contributed by atoms with Crippen LogP contribution >= 0.6 is 34.0 Å². The average Bonchev–Trinajstić information content (AvgIpc) is 2.61. The first-order valence-corrected chi connectivity index (χ1v) is 6.27. The fraction of sp³-hybridized carbons (Fsp3) is 0.111. The Bertz CT molecular complexity index is 538. The molecule has 3 rings (SSSR count). The molecule has 0 radical (unpaired) electrons. The lowest BCUT2D eigenvalue weighted by Crippen LogP contribution is -1.59. The van der Waals surface area contributed by atoms with Crippen molar-refractivity contribution >= 4 is 52.8 Å². The van der Waals surface area contributed by atoms with Crippen LogP contribution in [0.5, 0.6) is 0 Å². The highest BCUT2D eigenvalue weighted by Crippen LogP contribution is 2.41. The minimum atomic E-state index is 1.43. The lowest BCUT2D eigenvalue weighted by molar-refractivity contribution is 1.62. The second kappa shape index (κ2) is 2.31. The summed E-state index contributed by atoms with van der Waals surface area (Å²) in [6.45, 7) is 2.20. The largest absolute Gasteiger partial charge is 0.133 e. The van der Waals surface area contributed by atoms with E-state index in [2.05, 4.69) is 23.8 Å². The highest BCUT2D eigenvalue weighted by atomic mass is 32.2. The monoisotopic (exact) mass is 210 g/mol. The molecule has 0 aromatic carbocycles. The molecule has 60 valence electrons. The van der Waals surface area contributed by atoms with Crippen LogP contribution in [0.3, 0.4) is 0 Å². The van der Waals surface area contributed by atoms with Gasteiger partial charge >= 0.3 is 0 Å². The summed E-state index contributed by atoms with van der Waals surface area (Å²) in [4.78, 5) is 0. The van der Waals surface area contributed by atoms with Crippen LogP contribution in [0.1, 0.15) is 5.56 Å². The summed E-state index contributed by atoms with van der Waals surface area (Å²) in [5, 5.41) is 7.37. The molecule has 12 heavy (non-hydrogen) atoms. The quantitative estimate of drug-likeness (QED) is 0.513. The fourth-order valence-corrected chi connectivity index (χ4v) is 5.05. The fourth-order valence-electron chi connectivity index (χ4n) is 1.46. The topological polar surface area (TPSA) is 0 Å². The summed E-state index contributed by atoms with van der Waals surface area (Å²) in [7, 11) is 0. The van der Waals surface area contributed by atoms with Crippen LogP contribution < -0.4 is 0 Å². The summed E-state index contributed by atoms with van der Waals surface area (Å²) in [5.74, 6) is 0. The van der Waals surface area contributed by atoms with Gasteiger partial charge in [0, 0.05) is 10.8 Å². The van der Waals surface area contributed by atoms with E-state index in [0.717, 1.165) is 0 Å². The molecule has 0 saturated carbocycles. The van der Waals surface area contributed by atoms with Gasteiger partial charge in [-0.1, -0.05) is 0 Å². The Morgan fingerprint density at radius 3 is 3.00 bits per heavy atom. The first kappa shape index (κ1) is 7.06. The van der Waals surface area contributed by atoms with E-state index in [1.54, 1.807) is 0 Å². The van der Waals surface area contributed by atoms with Gasteiger partial charge in [0.2, 0.25) is 0 Å². The van der Waals surface area contributed by atoms with Gasteiger partial charge in [0.15, 0.2) is 0 Å². The lowest BCUT2D eigenvalue weighted by Gasteiger charge is -1.81. The van der Waals surface area contributed by atoms with Crippen molar-refractivity contribution in [2.45, 2.75) is 6.92 Å². The molecule has 0 unspecified atom stereocenters. The average molecular weight is 210 g/mol. The summed E-state index contributed by atoms with van der Waals surface area (Å²) >= 11 is 5.65. The van der Waals surface area contributed by atoms with Gasteiger partial charge in [0.1, 0.15) is 0 Å². The molecule has 0 aliphatic carbocycles. The van der Waals surface area contributed by atoms with E-state index in [4.69, 9.17) is 0 Å². The van der Waals surface area contributed by atoms with E-state index < -0.39 is 0 Å². The van der Waals surface area contributed by atoms with Crippen LogP contribution in [0.25, 0.3) is 18.8 Å². The molecule has 3 aromatic heterocycles. The molecule has 0 nitrogen and oxygen atoms in total. The maximum atomic E-state index is 2.25. The van der Waals surface area contributed by atoms with Crippen LogP contribution in [0.2, 0.25) is 0 Å². The van der Waals surface area contributed by atoms with E-state index in [-0.39, 0.29) is 0 Å². The standard InChI is InChI=1S/C9H6S3/c1-5-4-11-9-7(5)6-2-3-10-8(6)12-9/h2-4H,1H3. The SMILES string of the molecule is Cc1csc2sc3sccc3c12. The zero-order chi connectivity index (χ0) is 8.13. The maximum Gasteiger partial charge on any atom is 0.0889 e. The summed E-state index contributed by atoms with van der Waals surface area (Å²) in [5.41, 5.74) is 1.43. The van der Waals surface area contributed by atoms with Crippen molar-refractivity contribution < 1.29 is 0 Å². The normalized spacial score (nSPS) is 11.8. The van der Waals surface area contributed by atoms with Crippen molar-refractivity contribution in [3.8, 4) is 0 Å². The molecule has 0 fully saturated rings. The summed E-state index contributed by atoms with van der Waals surface area (Å²) < 4.78 is 2.95. The number of rotatable bonds is 0. The molecular weight excluding hydrogens is 204 g/mol. The number of aryl methyl sites for hydroxylation is 1. The van der Waals surface area contributed by atoms with Gasteiger partial charge < -0.3 is 0 Å². The van der Waals surface area contributed by atoms with E-state index >= 15 is 0 Å². The van der Waals surface area contributed by atoms with Gasteiger partial charge in [-0.2, -0.15) is 0 Å². The van der Waals surface area contributed by atoms with Crippen molar-refractivity contribution in [1.29, 1.82) is 0 Å². The van der Waals surface area contributed by atoms with Gasteiger partial charge in [-0.25, -0.2) is 0 Å². The van der Waals surface area contributed by atoms with Crippen LogP contribution in [0, 0.1) is 6.92 Å². The Morgan fingerprint density at radius 2 is 2.08 bits per heavy atom. The van der Waals surface area contributed by atoms with E-state index in [1.807, 2.05) is 34.0 Å². The minimum Gasteiger partial charge on any atom is -0.133 e. The number of fused-ring (bicyclic) bond motifs is 3. The molecule has 3 aromatic rings. The molecule has 0 spiro atoms. The molecule has 3 heterocycles. The second-order valence-electron chi connectivity index (χ2n) is 2.80. The van der Waals surface area contributed by atoms with Crippen LogP contribution in [-0.2, 0) is 0 Å². The second-order valence-corrected chi connectivity index (χ2v) is 6.14. The van der Waals surface area contributed by atoms with Crippen molar-refractivity contribution in [3.63, 3.8) is 0 Å². The Balaban J connectivity index is 2.71. The number of thiophene rings is 3. The molecular formula is C9H6S3. The zero-order valence-corrected chi connectivity index (χ0v) is 8.91. The first-order chi connectivity index (χ1) is 5.86. The van der Waals surface area contributed by atoms with Gasteiger partial charge in [0.25, 0.3) is 0 Å². The third-order valence-corrected chi connectivity index (χ3v) is 5.49. The molecule has 0 atom stereocenters. The third-order valence-electron chi connectivity index (χ3n) is 2.03. The number of hydrogen-bond acceptors (Lipinski definition) is 3. The van der Waals surface area contributed by atoms with Crippen molar-refractivity contribution in [2.24, 2.45) is 0 Å². The van der Waals surface area contributed by atoms with Crippen molar-refractivity contribution in [2.75, 3.05) is 0 Å². The maximum absolute atomic E-state index is 2.25. The molecule has 0 N–H and O–H groups in total. The Hall–Kier alpha value is -0.380. The lowest BCUT2D eigenvalue weighted by atomic mass is 10.2. The third kappa shape index (κ3) is 0.762. The van der Waals surface area contributed by atoms with E-state index in [0.29, 0.717) is 0 Å². The van der Waals surface area contributed by atoms with Gasteiger partial charge in [-0.15, -0.1) is 34.0 Å². The minimum absolute atomic E-state index is 1.43. The number of hydrogen-bond donors (Lipinski definition) is 0. The van der Waals surface area contributed by atoms with Crippen molar-refractivity contribution in [1.82, 2.24) is 0 Å². The summed E-state index contributed by atoms with van der Waals surface area (Å²) in [6.07, 6.45) is 0. The van der Waals surface area contributed by atoms with Crippen LogP contribution in [0.15, 0.2) is 16.8 Å². The Morgan fingerprint density at radius 1 is 1.17 bits per heavy atom. The van der Waals surface area contributed by atoms with Gasteiger partial charge in [0.05, 0.1) is 8.03 Å². The van der Waals surface area contributed by atoms with Gasteiger partial charge in [-0.3, -0.25) is 0 Å². The predicted octanol–water partition coefficient (Wildman–Crippen LogP) is 4.49. The summed E-state index contributed by atoms with van der Waals surface area (Å²) in [6, 6.07) is 2.23. The highest BCUT2D eigenvalue weighted by molar-refractivity contribution is 7.48. The predicted molar refractivity (Wildman–Crippen MR) is 59.8 cm³/mol. The Kier molecular flexibility index (Phi) is 1.36. The molecule has 0 bridgehead atoms. The smallest absolute Gasteiger partial charge is 0.0889 e. The van der Waals surface area contributed by atoms with Crippen LogP contribution in [0.4, 0.5) is 0 Å².